The Labute approximate surface area is 164 Å². The van der Waals surface area contributed by atoms with Gasteiger partial charge in [0.15, 0.2) is 5.17 Å². The van der Waals surface area contributed by atoms with Crippen LogP contribution in [-0.4, -0.2) is 26.9 Å². The van der Waals surface area contributed by atoms with Crippen molar-refractivity contribution in [2.45, 2.75) is 13.5 Å². The molecular weight excluding hydrogens is 376 g/mol. The molecule has 0 unspecified atom stereocenters. The first kappa shape index (κ1) is 18.0. The molecule has 2 N–H and O–H groups in total. The van der Waals surface area contributed by atoms with E-state index in [0.717, 1.165) is 34.2 Å². The monoisotopic (exact) mass is 392 g/mol. The SMILES string of the molecule is CC(=O)NC1=NC(=O)/C(=C/c2ccc(OCc3nc4ccccc4[nH]3)cc2)S1. The summed E-state index contributed by atoms with van der Waals surface area (Å²) in [7, 11) is 0. The molecule has 2 heterocycles. The lowest BCUT2D eigenvalue weighted by Gasteiger charge is -2.04. The molecule has 0 fully saturated rings. The van der Waals surface area contributed by atoms with Crippen LogP contribution in [-0.2, 0) is 16.2 Å². The van der Waals surface area contributed by atoms with Crippen LogP contribution in [0.2, 0.25) is 0 Å². The maximum absolute atomic E-state index is 11.9. The summed E-state index contributed by atoms with van der Waals surface area (Å²) in [6, 6.07) is 15.2. The summed E-state index contributed by atoms with van der Waals surface area (Å²) >= 11 is 1.14. The molecule has 2 amide bonds. The van der Waals surface area contributed by atoms with Crippen LogP contribution in [0.25, 0.3) is 17.1 Å². The molecule has 1 aliphatic heterocycles. The Morgan fingerprint density at radius 2 is 2.00 bits per heavy atom. The van der Waals surface area contributed by atoms with Gasteiger partial charge in [-0.2, -0.15) is 4.99 Å². The lowest BCUT2D eigenvalue weighted by Crippen LogP contribution is -2.23. The Morgan fingerprint density at radius 1 is 1.21 bits per heavy atom. The molecule has 0 atom stereocenters. The van der Waals surface area contributed by atoms with E-state index in [9.17, 15) is 9.59 Å². The van der Waals surface area contributed by atoms with Crippen LogP contribution in [0, 0.1) is 0 Å². The molecule has 2 aromatic carbocycles. The molecule has 0 spiro atoms. The van der Waals surface area contributed by atoms with E-state index in [2.05, 4.69) is 20.3 Å². The van der Waals surface area contributed by atoms with Crippen molar-refractivity contribution < 1.29 is 14.3 Å². The third-order valence-electron chi connectivity index (χ3n) is 3.90. The van der Waals surface area contributed by atoms with Gasteiger partial charge in [0.25, 0.3) is 5.91 Å². The standard InChI is InChI=1S/C20H16N4O3S/c1-12(25)21-20-24-19(26)17(28-20)10-13-6-8-14(9-7-13)27-11-18-22-15-4-2-3-5-16(15)23-18/h2-10H,11H2,1H3,(H,22,23)(H,21,24,25,26)/b17-10-. The first-order chi connectivity index (χ1) is 13.6. The van der Waals surface area contributed by atoms with E-state index in [4.69, 9.17) is 4.74 Å². The topological polar surface area (TPSA) is 96.4 Å². The highest BCUT2D eigenvalue weighted by molar-refractivity contribution is 8.18. The second-order valence-corrected chi connectivity index (χ2v) is 7.10. The van der Waals surface area contributed by atoms with Gasteiger partial charge < -0.3 is 15.0 Å². The van der Waals surface area contributed by atoms with Crippen molar-refractivity contribution in [1.29, 1.82) is 0 Å². The van der Waals surface area contributed by atoms with E-state index in [1.807, 2.05) is 48.5 Å². The Morgan fingerprint density at radius 3 is 2.75 bits per heavy atom. The number of hydrogen-bond donors (Lipinski definition) is 2. The number of amidine groups is 1. The van der Waals surface area contributed by atoms with Crippen LogP contribution in [0.5, 0.6) is 5.75 Å². The number of H-pyrrole nitrogens is 1. The number of thioether (sulfide) groups is 1. The highest BCUT2D eigenvalue weighted by Gasteiger charge is 2.22. The lowest BCUT2D eigenvalue weighted by molar-refractivity contribution is -0.117. The number of para-hydroxylation sites is 2. The molecule has 0 bridgehead atoms. The number of amides is 2. The zero-order chi connectivity index (χ0) is 19.5. The molecule has 0 radical (unpaired) electrons. The van der Waals surface area contributed by atoms with Crippen LogP contribution >= 0.6 is 11.8 Å². The van der Waals surface area contributed by atoms with Gasteiger partial charge in [0.1, 0.15) is 18.2 Å². The fourth-order valence-electron chi connectivity index (χ4n) is 2.65. The highest BCUT2D eigenvalue weighted by atomic mass is 32.2. The minimum Gasteiger partial charge on any atom is -0.486 e. The molecular formula is C20H16N4O3S. The number of fused-ring (bicyclic) bond motifs is 1. The molecule has 4 rings (SSSR count). The lowest BCUT2D eigenvalue weighted by atomic mass is 10.2. The van der Waals surface area contributed by atoms with Crippen LogP contribution in [0.4, 0.5) is 0 Å². The molecule has 0 aliphatic carbocycles. The molecule has 1 aliphatic rings. The van der Waals surface area contributed by atoms with Crippen molar-refractivity contribution in [3.8, 4) is 5.75 Å². The second kappa shape index (κ2) is 7.69. The van der Waals surface area contributed by atoms with E-state index in [-0.39, 0.29) is 11.8 Å². The van der Waals surface area contributed by atoms with Gasteiger partial charge in [-0.3, -0.25) is 9.59 Å². The summed E-state index contributed by atoms with van der Waals surface area (Å²) in [5.41, 5.74) is 2.72. The third kappa shape index (κ3) is 4.12. The summed E-state index contributed by atoms with van der Waals surface area (Å²) in [5.74, 6) is 0.830. The summed E-state index contributed by atoms with van der Waals surface area (Å²) in [4.78, 5) is 34.9. The van der Waals surface area contributed by atoms with E-state index in [0.29, 0.717) is 22.4 Å². The van der Waals surface area contributed by atoms with Gasteiger partial charge in [-0.25, -0.2) is 4.98 Å². The number of hydrogen-bond acceptors (Lipinski definition) is 5. The minimum absolute atomic E-state index is 0.258. The van der Waals surface area contributed by atoms with Crippen molar-refractivity contribution in [2.24, 2.45) is 4.99 Å². The normalized spacial score (nSPS) is 15.1. The van der Waals surface area contributed by atoms with Crippen LogP contribution < -0.4 is 10.1 Å². The zero-order valence-corrected chi connectivity index (χ0v) is 15.7. The Hall–Kier alpha value is -3.39. The Balaban J connectivity index is 1.39. The molecule has 3 aromatic rings. The minimum atomic E-state index is -0.362. The highest BCUT2D eigenvalue weighted by Crippen LogP contribution is 2.28. The number of nitrogens with zero attached hydrogens (tertiary/aromatic N) is 2. The molecule has 140 valence electrons. The first-order valence-corrected chi connectivity index (χ1v) is 9.35. The van der Waals surface area contributed by atoms with Crippen molar-refractivity contribution >= 4 is 45.9 Å². The number of aromatic nitrogens is 2. The molecule has 7 nitrogen and oxygen atoms in total. The number of carbonyl (C=O) groups excluding carboxylic acids is 2. The van der Waals surface area contributed by atoms with Gasteiger partial charge in [-0.15, -0.1) is 0 Å². The largest absolute Gasteiger partial charge is 0.486 e. The third-order valence-corrected chi connectivity index (χ3v) is 4.79. The summed E-state index contributed by atoms with van der Waals surface area (Å²) < 4.78 is 5.77. The Kier molecular flexibility index (Phi) is 4.94. The predicted molar refractivity (Wildman–Crippen MR) is 109 cm³/mol. The smallest absolute Gasteiger partial charge is 0.286 e. The van der Waals surface area contributed by atoms with E-state index in [1.54, 1.807) is 6.08 Å². The number of ether oxygens (including phenoxy) is 1. The number of rotatable bonds is 4. The number of imidazole rings is 1. The Bertz CT molecular complexity index is 1080. The van der Waals surface area contributed by atoms with Gasteiger partial charge in [-0.05, 0) is 47.7 Å². The van der Waals surface area contributed by atoms with Gasteiger partial charge in [0.2, 0.25) is 5.91 Å². The number of nitrogens with one attached hydrogen (secondary N) is 2. The van der Waals surface area contributed by atoms with Gasteiger partial charge >= 0.3 is 0 Å². The van der Waals surface area contributed by atoms with Crippen LogP contribution in [0.3, 0.4) is 0 Å². The molecule has 8 heteroatoms. The average Bonchev–Trinajstić information content (AvgIpc) is 3.23. The van der Waals surface area contributed by atoms with Crippen molar-refractivity contribution in [3.63, 3.8) is 0 Å². The van der Waals surface area contributed by atoms with Crippen molar-refractivity contribution in [2.75, 3.05) is 0 Å². The maximum Gasteiger partial charge on any atom is 0.286 e. The van der Waals surface area contributed by atoms with Gasteiger partial charge in [0.05, 0.1) is 15.9 Å². The fourth-order valence-corrected chi connectivity index (χ4v) is 3.51. The van der Waals surface area contributed by atoms with Crippen LogP contribution in [0.15, 0.2) is 58.4 Å². The summed E-state index contributed by atoms with van der Waals surface area (Å²) in [6.45, 7) is 1.71. The molecule has 28 heavy (non-hydrogen) atoms. The zero-order valence-electron chi connectivity index (χ0n) is 14.9. The molecule has 1 aromatic heterocycles. The molecule has 0 saturated heterocycles. The number of aliphatic imine (C=N–C) groups is 1. The fraction of sp³-hybridized carbons (Fsp3) is 0.100. The van der Waals surface area contributed by atoms with E-state index >= 15 is 0 Å². The van der Waals surface area contributed by atoms with Crippen LogP contribution in [0.1, 0.15) is 18.3 Å². The maximum atomic E-state index is 11.9. The quantitative estimate of drug-likeness (QED) is 0.665. The number of benzene rings is 2. The first-order valence-electron chi connectivity index (χ1n) is 8.53. The van der Waals surface area contributed by atoms with Crippen molar-refractivity contribution in [3.05, 3.63) is 64.8 Å². The number of carbonyl (C=O) groups is 2. The summed E-state index contributed by atoms with van der Waals surface area (Å²) in [6.07, 6.45) is 1.73. The van der Waals surface area contributed by atoms with Gasteiger partial charge in [-0.1, -0.05) is 24.3 Å². The summed E-state index contributed by atoms with van der Waals surface area (Å²) in [5, 5.41) is 2.82. The average molecular weight is 392 g/mol. The van der Waals surface area contributed by atoms with Crippen molar-refractivity contribution in [1.82, 2.24) is 15.3 Å². The second-order valence-electron chi connectivity index (χ2n) is 6.07. The van der Waals surface area contributed by atoms with Gasteiger partial charge in [0, 0.05) is 6.92 Å². The molecule has 0 saturated carbocycles. The number of aromatic amines is 1. The van der Waals surface area contributed by atoms with E-state index in [1.165, 1.54) is 6.92 Å². The van der Waals surface area contributed by atoms with E-state index < -0.39 is 0 Å². The predicted octanol–water partition coefficient (Wildman–Crippen LogP) is 3.25.